The van der Waals surface area contributed by atoms with E-state index in [9.17, 15) is 10.2 Å². The van der Waals surface area contributed by atoms with Crippen molar-refractivity contribution in [3.05, 3.63) is 23.8 Å². The second kappa shape index (κ2) is 4.96. The van der Waals surface area contributed by atoms with Gasteiger partial charge in [0.25, 0.3) is 0 Å². The minimum Gasteiger partial charge on any atom is -0.508 e. The first-order valence-corrected chi connectivity index (χ1v) is 6.37. The Balaban J connectivity index is 2.11. The van der Waals surface area contributed by atoms with E-state index in [0.29, 0.717) is 0 Å². The largest absolute Gasteiger partial charge is 0.508 e. The summed E-state index contributed by atoms with van der Waals surface area (Å²) in [7, 11) is 0. The number of rotatable bonds is 3. The van der Waals surface area contributed by atoms with Gasteiger partial charge in [0, 0.05) is 18.7 Å². The van der Waals surface area contributed by atoms with Crippen LogP contribution in [-0.2, 0) is 0 Å². The van der Waals surface area contributed by atoms with Crippen LogP contribution in [0.25, 0.3) is 0 Å². The molecule has 94 valence electrons. The van der Waals surface area contributed by atoms with E-state index in [1.54, 1.807) is 12.1 Å². The lowest BCUT2D eigenvalue weighted by atomic mass is 10.1. The van der Waals surface area contributed by atoms with E-state index in [1.807, 2.05) is 0 Å². The molecule has 0 saturated carbocycles. The van der Waals surface area contributed by atoms with Gasteiger partial charge in [-0.25, -0.2) is 0 Å². The Hall–Kier alpha value is -1.22. The topological polar surface area (TPSA) is 43.7 Å². The maximum atomic E-state index is 9.51. The van der Waals surface area contributed by atoms with Crippen LogP contribution in [0, 0.1) is 5.92 Å². The second-order valence-corrected chi connectivity index (χ2v) is 5.02. The van der Waals surface area contributed by atoms with Crippen LogP contribution in [0.15, 0.2) is 18.2 Å². The summed E-state index contributed by atoms with van der Waals surface area (Å²) in [5.74, 6) is 1.07. The number of hydrogen-bond donors (Lipinski definition) is 2. The van der Waals surface area contributed by atoms with E-state index in [4.69, 9.17) is 0 Å². The molecule has 1 aromatic rings. The molecule has 0 radical (unpaired) electrons. The molecule has 1 aliphatic heterocycles. The van der Waals surface area contributed by atoms with Crippen LogP contribution in [0.2, 0.25) is 0 Å². The van der Waals surface area contributed by atoms with Crippen LogP contribution < -0.4 is 0 Å². The highest BCUT2D eigenvalue weighted by molar-refractivity contribution is 5.38. The molecule has 2 unspecified atom stereocenters. The van der Waals surface area contributed by atoms with Crippen molar-refractivity contribution in [1.82, 2.24) is 4.90 Å². The van der Waals surface area contributed by atoms with E-state index >= 15 is 0 Å². The molecular formula is C14H21NO2. The molecule has 1 aromatic carbocycles. The SMILES string of the molecule is CCC1CCN(C(C)c2cc(O)cc(O)c2)C1. The normalized spacial score (nSPS) is 22.8. The highest BCUT2D eigenvalue weighted by Crippen LogP contribution is 2.32. The fourth-order valence-corrected chi connectivity index (χ4v) is 2.62. The lowest BCUT2D eigenvalue weighted by molar-refractivity contribution is 0.251. The number of phenols is 2. The Labute approximate surface area is 103 Å². The zero-order valence-electron chi connectivity index (χ0n) is 10.6. The van der Waals surface area contributed by atoms with Gasteiger partial charge in [0.2, 0.25) is 0 Å². The number of benzene rings is 1. The Morgan fingerprint density at radius 3 is 2.47 bits per heavy atom. The molecule has 1 saturated heterocycles. The van der Waals surface area contributed by atoms with Crippen molar-refractivity contribution in [2.24, 2.45) is 5.92 Å². The third-order valence-corrected chi connectivity index (χ3v) is 3.85. The number of aromatic hydroxyl groups is 2. The average Bonchev–Trinajstić information content (AvgIpc) is 2.75. The molecule has 0 amide bonds. The van der Waals surface area contributed by atoms with Gasteiger partial charge in [-0.05, 0) is 43.5 Å². The summed E-state index contributed by atoms with van der Waals surface area (Å²) in [5, 5.41) is 19.0. The monoisotopic (exact) mass is 235 g/mol. The number of likely N-dealkylation sites (tertiary alicyclic amines) is 1. The fourth-order valence-electron chi connectivity index (χ4n) is 2.62. The zero-order chi connectivity index (χ0) is 12.4. The maximum Gasteiger partial charge on any atom is 0.119 e. The van der Waals surface area contributed by atoms with Crippen molar-refractivity contribution in [3.63, 3.8) is 0 Å². The molecule has 17 heavy (non-hydrogen) atoms. The maximum absolute atomic E-state index is 9.51. The van der Waals surface area contributed by atoms with Gasteiger partial charge in [-0.1, -0.05) is 13.3 Å². The van der Waals surface area contributed by atoms with Gasteiger partial charge in [-0.3, -0.25) is 4.90 Å². The third kappa shape index (κ3) is 2.72. The summed E-state index contributed by atoms with van der Waals surface area (Å²) in [6.07, 6.45) is 2.49. The first-order valence-electron chi connectivity index (χ1n) is 6.37. The van der Waals surface area contributed by atoms with Gasteiger partial charge in [-0.15, -0.1) is 0 Å². The predicted molar refractivity (Wildman–Crippen MR) is 68.2 cm³/mol. The average molecular weight is 235 g/mol. The van der Waals surface area contributed by atoms with E-state index in [-0.39, 0.29) is 17.5 Å². The van der Waals surface area contributed by atoms with Crippen LogP contribution >= 0.6 is 0 Å². The molecule has 0 spiro atoms. The van der Waals surface area contributed by atoms with Crippen LogP contribution in [0.1, 0.15) is 38.3 Å². The number of hydrogen-bond acceptors (Lipinski definition) is 3. The Morgan fingerprint density at radius 2 is 1.94 bits per heavy atom. The smallest absolute Gasteiger partial charge is 0.119 e. The molecule has 1 fully saturated rings. The lowest BCUT2D eigenvalue weighted by Crippen LogP contribution is -2.24. The minimum absolute atomic E-state index is 0.137. The molecule has 2 atom stereocenters. The van der Waals surface area contributed by atoms with Crippen molar-refractivity contribution < 1.29 is 10.2 Å². The molecule has 1 heterocycles. The summed E-state index contributed by atoms with van der Waals surface area (Å²) < 4.78 is 0. The summed E-state index contributed by atoms with van der Waals surface area (Å²) in [4.78, 5) is 2.42. The Kier molecular flexibility index (Phi) is 3.57. The van der Waals surface area contributed by atoms with Gasteiger partial charge in [0.15, 0.2) is 0 Å². The van der Waals surface area contributed by atoms with E-state index in [0.717, 1.165) is 24.6 Å². The highest BCUT2D eigenvalue weighted by atomic mass is 16.3. The van der Waals surface area contributed by atoms with Gasteiger partial charge in [0.1, 0.15) is 11.5 Å². The van der Waals surface area contributed by atoms with Crippen molar-refractivity contribution in [1.29, 1.82) is 0 Å². The molecule has 1 aliphatic rings. The van der Waals surface area contributed by atoms with Crippen molar-refractivity contribution >= 4 is 0 Å². The van der Waals surface area contributed by atoms with Crippen LogP contribution in [0.4, 0.5) is 0 Å². The van der Waals surface area contributed by atoms with Gasteiger partial charge in [-0.2, -0.15) is 0 Å². The van der Waals surface area contributed by atoms with Crippen LogP contribution in [0.3, 0.4) is 0 Å². The second-order valence-electron chi connectivity index (χ2n) is 5.02. The summed E-state index contributed by atoms with van der Waals surface area (Å²) in [6, 6.07) is 5.10. The first-order chi connectivity index (χ1) is 8.10. The lowest BCUT2D eigenvalue weighted by Gasteiger charge is -2.25. The van der Waals surface area contributed by atoms with Gasteiger partial charge >= 0.3 is 0 Å². The summed E-state index contributed by atoms with van der Waals surface area (Å²) in [5.41, 5.74) is 0.985. The summed E-state index contributed by atoms with van der Waals surface area (Å²) >= 11 is 0. The highest BCUT2D eigenvalue weighted by Gasteiger charge is 2.25. The molecule has 0 aliphatic carbocycles. The molecule has 2 rings (SSSR count). The van der Waals surface area contributed by atoms with Gasteiger partial charge < -0.3 is 10.2 Å². The molecule has 0 bridgehead atoms. The Bertz CT molecular complexity index is 372. The fraction of sp³-hybridized carbons (Fsp3) is 0.571. The standard InChI is InChI=1S/C14H21NO2/c1-3-11-4-5-15(9-11)10(2)12-6-13(16)8-14(17)7-12/h6-8,10-11,16-17H,3-5,9H2,1-2H3. The molecule has 2 N–H and O–H groups in total. The zero-order valence-corrected chi connectivity index (χ0v) is 10.6. The van der Waals surface area contributed by atoms with Crippen molar-refractivity contribution in [2.75, 3.05) is 13.1 Å². The summed E-state index contributed by atoms with van der Waals surface area (Å²) in [6.45, 7) is 6.59. The minimum atomic E-state index is 0.137. The molecule has 0 aromatic heterocycles. The van der Waals surface area contributed by atoms with E-state index in [2.05, 4.69) is 18.7 Å². The molecule has 3 nitrogen and oxygen atoms in total. The quantitative estimate of drug-likeness (QED) is 0.846. The van der Waals surface area contributed by atoms with Crippen LogP contribution in [0.5, 0.6) is 11.5 Å². The van der Waals surface area contributed by atoms with Crippen molar-refractivity contribution in [2.45, 2.75) is 32.7 Å². The third-order valence-electron chi connectivity index (χ3n) is 3.85. The molecule has 3 heteroatoms. The van der Waals surface area contributed by atoms with Crippen molar-refractivity contribution in [3.8, 4) is 11.5 Å². The predicted octanol–water partition coefficient (Wildman–Crippen LogP) is 2.89. The van der Waals surface area contributed by atoms with Gasteiger partial charge in [0.05, 0.1) is 0 Å². The number of nitrogens with zero attached hydrogens (tertiary/aromatic N) is 1. The number of phenolic OH excluding ortho intramolecular Hbond substituents is 2. The first kappa shape index (κ1) is 12.2. The molecular weight excluding hydrogens is 214 g/mol. The Morgan fingerprint density at radius 1 is 1.29 bits per heavy atom. The van der Waals surface area contributed by atoms with E-state index in [1.165, 1.54) is 18.9 Å². The van der Waals surface area contributed by atoms with E-state index < -0.39 is 0 Å². The van der Waals surface area contributed by atoms with Crippen LogP contribution in [-0.4, -0.2) is 28.2 Å².